The molecule has 0 N–H and O–H groups in total. The number of rotatable bonds is 13. The molecule has 0 aromatic rings. The first-order chi connectivity index (χ1) is 10.2. The summed E-state index contributed by atoms with van der Waals surface area (Å²) in [7, 11) is 3.40. The molecule has 21 heavy (non-hydrogen) atoms. The summed E-state index contributed by atoms with van der Waals surface area (Å²) in [6.07, 6.45) is 13.3. The Balaban J connectivity index is 3.27. The van der Waals surface area contributed by atoms with Gasteiger partial charge < -0.3 is 9.47 Å². The molecule has 1 atom stereocenters. The lowest BCUT2D eigenvalue weighted by Crippen LogP contribution is -2.12. The van der Waals surface area contributed by atoms with Crippen molar-refractivity contribution in [3.63, 3.8) is 0 Å². The first-order valence-electron chi connectivity index (χ1n) is 8.75. The van der Waals surface area contributed by atoms with Gasteiger partial charge in [0.05, 0.1) is 0 Å². The van der Waals surface area contributed by atoms with Gasteiger partial charge in [0.25, 0.3) is 0 Å². The average molecular weight is 296 g/mol. The highest BCUT2D eigenvalue weighted by atomic mass is 16.7. The van der Waals surface area contributed by atoms with E-state index in [0.29, 0.717) is 0 Å². The summed E-state index contributed by atoms with van der Waals surface area (Å²) in [4.78, 5) is 0. The Bertz CT molecular complexity index is 260. The van der Waals surface area contributed by atoms with Crippen LogP contribution in [0.3, 0.4) is 0 Å². The largest absolute Gasteiger partial charge is 0.356 e. The Kier molecular flexibility index (Phi) is 15.5. The maximum absolute atomic E-state index is 5.17. The molecule has 0 aliphatic heterocycles. The summed E-state index contributed by atoms with van der Waals surface area (Å²) < 4.78 is 10.3. The van der Waals surface area contributed by atoms with E-state index in [9.17, 15) is 0 Å². The number of ether oxygens (including phenoxy) is 2. The van der Waals surface area contributed by atoms with Gasteiger partial charge in [-0.25, -0.2) is 0 Å². The summed E-state index contributed by atoms with van der Waals surface area (Å²) in [5, 5.41) is 0. The predicted octanol–water partition coefficient (Wildman–Crippen LogP) is 5.56. The minimum atomic E-state index is -0.0276. The van der Waals surface area contributed by atoms with Crippen molar-refractivity contribution in [1.29, 1.82) is 0 Å². The average Bonchev–Trinajstić information content (AvgIpc) is 2.51. The van der Waals surface area contributed by atoms with Gasteiger partial charge in [0.15, 0.2) is 6.29 Å². The van der Waals surface area contributed by atoms with Crippen LogP contribution in [0, 0.1) is 17.8 Å². The molecule has 0 spiro atoms. The Morgan fingerprint density at radius 2 is 1.29 bits per heavy atom. The van der Waals surface area contributed by atoms with Crippen LogP contribution in [0.4, 0.5) is 0 Å². The van der Waals surface area contributed by atoms with Crippen LogP contribution in [0.15, 0.2) is 0 Å². The van der Waals surface area contributed by atoms with Crippen molar-refractivity contribution >= 4 is 0 Å². The fraction of sp³-hybridized carbons (Fsp3) is 0.895. The third-order valence-electron chi connectivity index (χ3n) is 4.09. The van der Waals surface area contributed by atoms with Crippen molar-refractivity contribution in [1.82, 2.24) is 0 Å². The maximum atomic E-state index is 5.17. The maximum Gasteiger partial charge on any atom is 0.156 e. The molecular weight excluding hydrogens is 260 g/mol. The van der Waals surface area contributed by atoms with Crippen molar-refractivity contribution in [3.8, 4) is 11.8 Å². The van der Waals surface area contributed by atoms with Gasteiger partial charge in [0, 0.05) is 27.1 Å². The van der Waals surface area contributed by atoms with Crippen LogP contribution in [0.25, 0.3) is 0 Å². The van der Waals surface area contributed by atoms with E-state index in [-0.39, 0.29) is 6.29 Å². The summed E-state index contributed by atoms with van der Waals surface area (Å²) >= 11 is 0. The van der Waals surface area contributed by atoms with Gasteiger partial charge in [-0.3, -0.25) is 0 Å². The van der Waals surface area contributed by atoms with Crippen molar-refractivity contribution in [2.75, 3.05) is 14.2 Å². The molecular formula is C19H36O2. The molecule has 0 heterocycles. The lowest BCUT2D eigenvalue weighted by Gasteiger charge is -2.12. The van der Waals surface area contributed by atoms with Crippen LogP contribution < -0.4 is 0 Å². The van der Waals surface area contributed by atoms with Gasteiger partial charge in [0.1, 0.15) is 0 Å². The van der Waals surface area contributed by atoms with Crippen LogP contribution in [0.2, 0.25) is 0 Å². The van der Waals surface area contributed by atoms with Crippen LogP contribution in [0.1, 0.15) is 84.5 Å². The summed E-state index contributed by atoms with van der Waals surface area (Å²) in [5.74, 6) is 7.51. The Hall–Kier alpha value is -0.520. The highest BCUT2D eigenvalue weighted by molar-refractivity contribution is 4.98. The van der Waals surface area contributed by atoms with Gasteiger partial charge in [-0.2, -0.15) is 0 Å². The molecule has 0 aliphatic carbocycles. The van der Waals surface area contributed by atoms with Gasteiger partial charge in [-0.15, -0.1) is 11.8 Å². The van der Waals surface area contributed by atoms with Gasteiger partial charge >= 0.3 is 0 Å². The van der Waals surface area contributed by atoms with Gasteiger partial charge in [-0.05, 0) is 31.6 Å². The molecule has 2 nitrogen and oxygen atoms in total. The second-order valence-electron chi connectivity index (χ2n) is 5.97. The highest BCUT2D eigenvalue weighted by Gasteiger charge is 2.03. The number of hydrogen-bond acceptors (Lipinski definition) is 2. The quantitative estimate of drug-likeness (QED) is 0.252. The Morgan fingerprint density at radius 1 is 0.762 bits per heavy atom. The van der Waals surface area contributed by atoms with E-state index in [0.717, 1.165) is 25.2 Å². The zero-order chi connectivity index (χ0) is 15.8. The normalized spacial score (nSPS) is 12.2. The molecule has 124 valence electrons. The predicted molar refractivity (Wildman–Crippen MR) is 91.2 cm³/mol. The number of methoxy groups -OCH3 is 2. The third-order valence-corrected chi connectivity index (χ3v) is 4.09. The molecule has 0 bridgehead atoms. The van der Waals surface area contributed by atoms with Crippen LogP contribution >= 0.6 is 0 Å². The Labute approximate surface area is 133 Å². The lowest BCUT2D eigenvalue weighted by atomic mass is 10.0. The summed E-state index contributed by atoms with van der Waals surface area (Å²) in [6.45, 7) is 4.61. The smallest absolute Gasteiger partial charge is 0.156 e. The van der Waals surface area contributed by atoms with Gasteiger partial charge in [0.2, 0.25) is 0 Å². The standard InChI is InChI=1S/C19H36O2/c1-5-18(2)16-14-12-10-8-6-7-9-11-13-15-17-19(20-3)21-4/h18-19H,5,7,9-17H2,1-4H3/t18-/m1/s1. The summed E-state index contributed by atoms with van der Waals surface area (Å²) in [6, 6.07) is 0. The number of unbranched alkanes of at least 4 members (excludes halogenated alkanes) is 6. The zero-order valence-corrected chi connectivity index (χ0v) is 14.7. The van der Waals surface area contributed by atoms with Crippen LogP contribution in [-0.2, 0) is 9.47 Å². The SMILES string of the molecule is CC[C@@H](C)CCCCC#CCCCCCCC(OC)OC. The monoisotopic (exact) mass is 296 g/mol. The molecule has 0 fully saturated rings. The van der Waals surface area contributed by atoms with Crippen molar-refractivity contribution in [2.45, 2.75) is 90.8 Å². The number of hydrogen-bond donors (Lipinski definition) is 0. The minimum Gasteiger partial charge on any atom is -0.356 e. The van der Waals surface area contributed by atoms with Crippen LogP contribution in [0.5, 0.6) is 0 Å². The van der Waals surface area contributed by atoms with Crippen LogP contribution in [-0.4, -0.2) is 20.5 Å². The van der Waals surface area contributed by atoms with E-state index in [1.165, 1.54) is 51.4 Å². The molecule has 2 heteroatoms. The topological polar surface area (TPSA) is 18.5 Å². The molecule has 0 unspecified atom stereocenters. The first-order valence-corrected chi connectivity index (χ1v) is 8.75. The van der Waals surface area contributed by atoms with E-state index in [1.807, 2.05) is 0 Å². The first kappa shape index (κ1) is 20.5. The minimum absolute atomic E-state index is 0.0276. The van der Waals surface area contributed by atoms with E-state index in [1.54, 1.807) is 14.2 Å². The molecule has 0 aliphatic rings. The second kappa shape index (κ2) is 15.9. The van der Waals surface area contributed by atoms with E-state index < -0.39 is 0 Å². The van der Waals surface area contributed by atoms with E-state index >= 15 is 0 Å². The molecule has 0 aromatic carbocycles. The molecule has 0 saturated carbocycles. The molecule has 0 amide bonds. The molecule has 0 aromatic heterocycles. The van der Waals surface area contributed by atoms with Gasteiger partial charge in [-0.1, -0.05) is 46.0 Å². The van der Waals surface area contributed by atoms with E-state index in [2.05, 4.69) is 25.7 Å². The fourth-order valence-corrected chi connectivity index (χ4v) is 2.30. The van der Waals surface area contributed by atoms with Crippen molar-refractivity contribution < 1.29 is 9.47 Å². The third kappa shape index (κ3) is 14.2. The highest BCUT2D eigenvalue weighted by Crippen LogP contribution is 2.12. The van der Waals surface area contributed by atoms with E-state index in [4.69, 9.17) is 9.47 Å². The molecule has 0 saturated heterocycles. The zero-order valence-electron chi connectivity index (χ0n) is 14.7. The molecule has 0 radical (unpaired) electrons. The Morgan fingerprint density at radius 3 is 1.86 bits per heavy atom. The fourth-order valence-electron chi connectivity index (χ4n) is 2.30. The lowest BCUT2D eigenvalue weighted by molar-refractivity contribution is -0.107. The molecule has 0 rings (SSSR count). The second-order valence-corrected chi connectivity index (χ2v) is 5.97. The van der Waals surface area contributed by atoms with Crippen molar-refractivity contribution in [2.24, 2.45) is 5.92 Å². The van der Waals surface area contributed by atoms with Crippen molar-refractivity contribution in [3.05, 3.63) is 0 Å². The summed E-state index contributed by atoms with van der Waals surface area (Å²) in [5.41, 5.74) is 0.